The number of amides is 1. The number of ether oxygens (including phenoxy) is 1. The number of nitro benzene ring substituents is 1. The topological polar surface area (TPSA) is 119 Å². The van der Waals surface area contributed by atoms with Gasteiger partial charge in [0, 0.05) is 43.1 Å². The maximum atomic E-state index is 12.7. The Hall–Kier alpha value is -3.37. The molecule has 1 amide bonds. The van der Waals surface area contributed by atoms with Crippen LogP contribution in [-0.2, 0) is 11.3 Å². The normalized spacial score (nSPS) is 10.9. The quantitative estimate of drug-likeness (QED) is 0.257. The molecule has 0 aliphatic rings. The largest absolute Gasteiger partial charge is 0.385 e. The first-order chi connectivity index (χ1) is 14.3. The smallest absolute Gasteiger partial charge is 0.274 e. The van der Waals surface area contributed by atoms with Gasteiger partial charge in [0.2, 0.25) is 0 Å². The molecule has 3 rings (SSSR count). The molecule has 0 saturated carbocycles. The van der Waals surface area contributed by atoms with Crippen LogP contribution in [-0.4, -0.2) is 34.1 Å². The van der Waals surface area contributed by atoms with Gasteiger partial charge in [-0.15, -0.1) is 0 Å². The molecule has 0 bridgehead atoms. The van der Waals surface area contributed by atoms with Crippen molar-refractivity contribution in [3.63, 3.8) is 0 Å². The summed E-state index contributed by atoms with van der Waals surface area (Å²) >= 11 is 5.28. The Balaban J connectivity index is 1.90. The van der Waals surface area contributed by atoms with Crippen molar-refractivity contribution in [2.24, 2.45) is 0 Å². The highest BCUT2D eigenvalue weighted by atomic mass is 32.1. The summed E-state index contributed by atoms with van der Waals surface area (Å²) in [6, 6.07) is 9.08. The third-order valence-electron chi connectivity index (χ3n) is 4.64. The number of carbonyl (C=O) groups is 1. The van der Waals surface area contributed by atoms with E-state index in [0.29, 0.717) is 41.7 Å². The van der Waals surface area contributed by atoms with Gasteiger partial charge in [-0.05, 0) is 49.8 Å². The highest BCUT2D eigenvalue weighted by Gasteiger charge is 2.14. The van der Waals surface area contributed by atoms with Crippen molar-refractivity contribution in [2.45, 2.75) is 19.9 Å². The molecule has 0 fully saturated rings. The number of hydrogen-bond donors (Lipinski definition) is 2. The van der Waals surface area contributed by atoms with Crippen LogP contribution in [0.15, 0.2) is 41.2 Å². The minimum atomic E-state index is -0.501. The summed E-state index contributed by atoms with van der Waals surface area (Å²) < 4.78 is 6.73. The maximum absolute atomic E-state index is 12.7. The van der Waals surface area contributed by atoms with Crippen molar-refractivity contribution in [3.8, 4) is 0 Å². The minimum absolute atomic E-state index is 0.0792. The molecule has 0 saturated heterocycles. The molecule has 1 aromatic heterocycles. The fraction of sp³-hybridized carbons (Fsp3) is 0.250. The van der Waals surface area contributed by atoms with Gasteiger partial charge in [-0.1, -0.05) is 6.07 Å². The fourth-order valence-electron chi connectivity index (χ4n) is 3.05. The number of carbonyl (C=O) groups excluding carboxylic acids is 1. The summed E-state index contributed by atoms with van der Waals surface area (Å²) in [5, 5.41) is 14.1. The van der Waals surface area contributed by atoms with E-state index in [4.69, 9.17) is 17.0 Å². The van der Waals surface area contributed by atoms with Crippen LogP contribution in [0.4, 0.5) is 11.4 Å². The van der Waals surface area contributed by atoms with E-state index < -0.39 is 10.8 Å². The standard InChI is InChI=1S/C20H20N4O5S/c1-12-4-6-14(11-17(12)24(27)28)21-18(25)13-5-7-15-16(10-13)22-20(30)23(19(15)26)8-3-9-29-2/h4-7,10-11H,3,8-9H2,1-2H3,(H,21,25)(H,22,30). The Morgan fingerprint density at radius 1 is 1.30 bits per heavy atom. The van der Waals surface area contributed by atoms with Crippen LogP contribution in [0.5, 0.6) is 0 Å². The van der Waals surface area contributed by atoms with E-state index in [1.165, 1.54) is 22.8 Å². The highest BCUT2D eigenvalue weighted by molar-refractivity contribution is 7.71. The third kappa shape index (κ3) is 4.44. The van der Waals surface area contributed by atoms with Crippen molar-refractivity contribution < 1.29 is 14.5 Å². The van der Waals surface area contributed by atoms with E-state index in [2.05, 4.69) is 10.3 Å². The molecule has 0 spiro atoms. The van der Waals surface area contributed by atoms with Gasteiger partial charge >= 0.3 is 0 Å². The lowest BCUT2D eigenvalue weighted by atomic mass is 10.1. The average molecular weight is 428 g/mol. The fourth-order valence-corrected chi connectivity index (χ4v) is 3.34. The summed E-state index contributed by atoms with van der Waals surface area (Å²) in [4.78, 5) is 38.9. The first-order valence-corrected chi connectivity index (χ1v) is 9.55. The van der Waals surface area contributed by atoms with Crippen molar-refractivity contribution in [2.75, 3.05) is 19.0 Å². The van der Waals surface area contributed by atoms with Crippen LogP contribution >= 0.6 is 12.2 Å². The molecule has 3 aromatic rings. The number of methoxy groups -OCH3 is 1. The monoisotopic (exact) mass is 428 g/mol. The van der Waals surface area contributed by atoms with Gasteiger partial charge in [0.1, 0.15) is 0 Å². The molecule has 156 valence electrons. The van der Waals surface area contributed by atoms with Gasteiger partial charge in [-0.25, -0.2) is 0 Å². The van der Waals surface area contributed by atoms with Crippen molar-refractivity contribution >= 4 is 40.4 Å². The van der Waals surface area contributed by atoms with Crippen molar-refractivity contribution in [1.82, 2.24) is 9.55 Å². The van der Waals surface area contributed by atoms with Crippen LogP contribution in [0.1, 0.15) is 22.3 Å². The molecule has 0 aliphatic heterocycles. The molecule has 0 atom stereocenters. The van der Waals surface area contributed by atoms with E-state index >= 15 is 0 Å². The van der Waals surface area contributed by atoms with Gasteiger partial charge < -0.3 is 15.0 Å². The van der Waals surface area contributed by atoms with Gasteiger partial charge in [0.25, 0.3) is 17.2 Å². The molecule has 30 heavy (non-hydrogen) atoms. The number of benzene rings is 2. The van der Waals surface area contributed by atoms with E-state index in [9.17, 15) is 19.7 Å². The zero-order chi connectivity index (χ0) is 21.8. The Morgan fingerprint density at radius 2 is 2.07 bits per heavy atom. The van der Waals surface area contributed by atoms with Crippen molar-refractivity contribution in [3.05, 3.63) is 72.8 Å². The maximum Gasteiger partial charge on any atom is 0.274 e. The number of nitrogens with zero attached hydrogens (tertiary/aromatic N) is 2. The first kappa shape index (κ1) is 21.3. The van der Waals surface area contributed by atoms with Crippen LogP contribution in [0.2, 0.25) is 0 Å². The molecule has 0 aliphatic carbocycles. The summed E-state index contributed by atoms with van der Waals surface area (Å²) in [5.41, 5.74) is 1.20. The Bertz CT molecular complexity index is 1250. The van der Waals surface area contributed by atoms with Gasteiger partial charge in [0.05, 0.1) is 15.8 Å². The van der Waals surface area contributed by atoms with Crippen LogP contribution in [0.25, 0.3) is 10.9 Å². The number of fused-ring (bicyclic) bond motifs is 1. The van der Waals surface area contributed by atoms with Gasteiger partial charge in [-0.2, -0.15) is 0 Å². The number of nitrogens with one attached hydrogen (secondary N) is 2. The number of anilines is 1. The van der Waals surface area contributed by atoms with Crippen molar-refractivity contribution in [1.29, 1.82) is 0 Å². The number of rotatable bonds is 7. The number of hydrogen-bond acceptors (Lipinski definition) is 6. The Kier molecular flexibility index (Phi) is 6.38. The molecule has 9 nitrogen and oxygen atoms in total. The second kappa shape index (κ2) is 8.97. The predicted octanol–water partition coefficient (Wildman–Crippen LogP) is 3.56. The molecule has 1 heterocycles. The third-order valence-corrected chi connectivity index (χ3v) is 4.96. The second-order valence-corrected chi connectivity index (χ2v) is 7.09. The number of H-pyrrole nitrogens is 1. The first-order valence-electron chi connectivity index (χ1n) is 9.14. The lowest BCUT2D eigenvalue weighted by Gasteiger charge is -2.10. The predicted molar refractivity (Wildman–Crippen MR) is 116 cm³/mol. The number of aromatic nitrogens is 2. The lowest BCUT2D eigenvalue weighted by Crippen LogP contribution is -2.23. The van der Waals surface area contributed by atoms with Crippen LogP contribution in [0, 0.1) is 21.8 Å². The zero-order valence-electron chi connectivity index (χ0n) is 16.4. The Labute approximate surface area is 176 Å². The second-order valence-electron chi connectivity index (χ2n) is 6.71. The summed E-state index contributed by atoms with van der Waals surface area (Å²) in [5.74, 6) is -0.460. The lowest BCUT2D eigenvalue weighted by molar-refractivity contribution is -0.385. The summed E-state index contributed by atoms with van der Waals surface area (Å²) in [6.07, 6.45) is 0.641. The summed E-state index contributed by atoms with van der Waals surface area (Å²) in [6.45, 7) is 2.55. The number of aromatic amines is 1. The molecule has 2 aromatic carbocycles. The minimum Gasteiger partial charge on any atom is -0.385 e. The van der Waals surface area contributed by atoms with Crippen LogP contribution < -0.4 is 10.9 Å². The molecular weight excluding hydrogens is 408 g/mol. The molecule has 2 N–H and O–H groups in total. The molecule has 0 unspecified atom stereocenters. The molecule has 0 radical (unpaired) electrons. The number of aryl methyl sites for hydroxylation is 1. The summed E-state index contributed by atoms with van der Waals surface area (Å²) in [7, 11) is 1.59. The van der Waals surface area contributed by atoms with E-state index in [1.807, 2.05) is 0 Å². The van der Waals surface area contributed by atoms with E-state index in [-0.39, 0.29) is 21.6 Å². The number of nitro groups is 1. The van der Waals surface area contributed by atoms with Gasteiger partial charge in [-0.3, -0.25) is 24.3 Å². The SMILES string of the molecule is COCCCn1c(=S)[nH]c2cc(C(=O)Nc3ccc(C)c([N+](=O)[O-])c3)ccc2c1=O. The Morgan fingerprint density at radius 3 is 2.77 bits per heavy atom. The average Bonchev–Trinajstić information content (AvgIpc) is 2.71. The highest BCUT2D eigenvalue weighted by Crippen LogP contribution is 2.23. The molecular formula is C20H20N4O5S. The van der Waals surface area contributed by atoms with E-state index in [1.54, 1.807) is 32.2 Å². The van der Waals surface area contributed by atoms with E-state index in [0.717, 1.165) is 0 Å². The zero-order valence-corrected chi connectivity index (χ0v) is 17.2. The van der Waals surface area contributed by atoms with Gasteiger partial charge in [0.15, 0.2) is 4.77 Å². The van der Waals surface area contributed by atoms with Crippen LogP contribution in [0.3, 0.4) is 0 Å². The molecule has 10 heteroatoms.